The van der Waals surface area contributed by atoms with Crippen molar-refractivity contribution in [1.29, 1.82) is 0 Å². The van der Waals surface area contributed by atoms with Crippen LogP contribution in [0.25, 0.3) is 0 Å². The number of nitrogens with one attached hydrogen (secondary N) is 1. The molecule has 1 spiro atoms. The molecule has 1 unspecified atom stereocenters. The van der Waals surface area contributed by atoms with E-state index in [2.05, 4.69) is 5.32 Å². The summed E-state index contributed by atoms with van der Waals surface area (Å²) in [5, 5.41) is 2.85. The van der Waals surface area contributed by atoms with Crippen LogP contribution in [-0.4, -0.2) is 49.6 Å². The summed E-state index contributed by atoms with van der Waals surface area (Å²) in [5.74, 6) is -0.603. The molecule has 1 aromatic heterocycles. The molecule has 1 N–H and O–H groups in total. The number of piperidine rings is 2. The molecule has 9 heteroatoms. The van der Waals surface area contributed by atoms with Crippen molar-refractivity contribution in [2.45, 2.75) is 37.0 Å². The molecule has 0 radical (unpaired) electrons. The second kappa shape index (κ2) is 8.27. The Labute approximate surface area is 183 Å². The Bertz CT molecular complexity index is 953. The van der Waals surface area contributed by atoms with Crippen LogP contribution in [0.5, 0.6) is 0 Å². The number of hydrogen-bond donors (Lipinski definition) is 1. The molecule has 0 bridgehead atoms. The fourth-order valence-corrected chi connectivity index (χ4v) is 5.13. The number of hydrogen-bond acceptors (Lipinski definition) is 4. The third-order valence-electron chi connectivity index (χ3n) is 6.88. The molecule has 1 aromatic carbocycles. The number of nitrogens with zero attached hydrogens (tertiary/aromatic N) is 1. The summed E-state index contributed by atoms with van der Waals surface area (Å²) >= 11 is 0. The van der Waals surface area contributed by atoms with Crippen molar-refractivity contribution in [1.82, 2.24) is 10.2 Å². The second-order valence-electron chi connectivity index (χ2n) is 8.45. The highest BCUT2D eigenvalue weighted by molar-refractivity contribution is 5.88. The van der Waals surface area contributed by atoms with E-state index < -0.39 is 23.1 Å². The molecule has 3 heterocycles. The fourth-order valence-electron chi connectivity index (χ4n) is 5.13. The number of methoxy groups -OCH3 is 1. The average Bonchev–Trinajstić information content (AvgIpc) is 3.29. The van der Waals surface area contributed by atoms with Gasteiger partial charge in [-0.2, -0.15) is 13.2 Å². The Morgan fingerprint density at radius 2 is 1.84 bits per heavy atom. The van der Waals surface area contributed by atoms with Gasteiger partial charge in [0.15, 0.2) is 0 Å². The van der Waals surface area contributed by atoms with Crippen LogP contribution in [0, 0.1) is 5.41 Å². The van der Waals surface area contributed by atoms with Crippen molar-refractivity contribution in [2.24, 2.45) is 5.41 Å². The fraction of sp³-hybridized carbons (Fsp3) is 0.478. The van der Waals surface area contributed by atoms with Crippen molar-refractivity contribution < 1.29 is 31.9 Å². The maximum Gasteiger partial charge on any atom is 0.430 e. The number of benzene rings is 1. The lowest BCUT2D eigenvalue weighted by atomic mass is 9.63. The van der Waals surface area contributed by atoms with Gasteiger partial charge < -0.3 is 19.4 Å². The Hall–Kier alpha value is -2.81. The molecule has 6 nitrogen and oxygen atoms in total. The van der Waals surface area contributed by atoms with Gasteiger partial charge in [-0.15, -0.1) is 0 Å². The smallest absolute Gasteiger partial charge is 0.430 e. The Balaban J connectivity index is 1.61. The van der Waals surface area contributed by atoms with Crippen LogP contribution >= 0.6 is 0 Å². The number of ether oxygens (including phenoxy) is 1. The molecule has 32 heavy (non-hydrogen) atoms. The van der Waals surface area contributed by atoms with E-state index in [4.69, 9.17) is 9.15 Å². The minimum absolute atomic E-state index is 0.0946. The first-order valence-electron chi connectivity index (χ1n) is 10.5. The Morgan fingerprint density at radius 3 is 2.41 bits per heavy atom. The van der Waals surface area contributed by atoms with E-state index in [0.29, 0.717) is 19.4 Å². The molecule has 2 aromatic rings. The molecule has 2 amide bonds. The molecule has 2 aliphatic rings. The van der Waals surface area contributed by atoms with E-state index in [0.717, 1.165) is 12.9 Å². The number of furan rings is 1. The van der Waals surface area contributed by atoms with Gasteiger partial charge in [-0.1, -0.05) is 30.3 Å². The summed E-state index contributed by atoms with van der Waals surface area (Å²) < 4.78 is 53.4. The topological polar surface area (TPSA) is 71.8 Å². The van der Waals surface area contributed by atoms with Crippen molar-refractivity contribution in [3.05, 3.63) is 60.1 Å². The quantitative estimate of drug-likeness (QED) is 0.773. The van der Waals surface area contributed by atoms with E-state index >= 15 is 0 Å². The van der Waals surface area contributed by atoms with Crippen LogP contribution in [0.3, 0.4) is 0 Å². The van der Waals surface area contributed by atoms with E-state index in [1.165, 1.54) is 29.2 Å². The zero-order valence-electron chi connectivity index (χ0n) is 17.7. The number of halogens is 3. The molecule has 2 fully saturated rings. The SMILES string of the molecule is CO[C@@](C(=O)N1CCC2(CC1)CC(=O)NCC2c1ccco1)(c1ccccc1)C(F)(F)F. The zero-order chi connectivity index (χ0) is 23.0. The van der Waals surface area contributed by atoms with Crippen LogP contribution in [0.1, 0.15) is 36.5 Å². The van der Waals surface area contributed by atoms with Gasteiger partial charge in [0, 0.05) is 44.6 Å². The monoisotopic (exact) mass is 450 g/mol. The maximum absolute atomic E-state index is 14.3. The number of alkyl halides is 3. The van der Waals surface area contributed by atoms with Crippen molar-refractivity contribution in [3.8, 4) is 0 Å². The third-order valence-corrected chi connectivity index (χ3v) is 6.88. The lowest BCUT2D eigenvalue weighted by Gasteiger charge is -2.49. The predicted octanol–water partition coefficient (Wildman–Crippen LogP) is 3.60. The summed E-state index contributed by atoms with van der Waals surface area (Å²) in [7, 11) is 0.905. The van der Waals surface area contributed by atoms with E-state index in [1.54, 1.807) is 18.4 Å². The summed E-state index contributed by atoms with van der Waals surface area (Å²) in [5.41, 5.74) is -3.81. The zero-order valence-corrected chi connectivity index (χ0v) is 17.7. The summed E-state index contributed by atoms with van der Waals surface area (Å²) in [6.45, 7) is 0.587. The number of carbonyl (C=O) groups excluding carboxylic acids is 2. The van der Waals surface area contributed by atoms with Gasteiger partial charge in [0.05, 0.1) is 6.26 Å². The molecule has 2 atom stereocenters. The maximum atomic E-state index is 14.3. The lowest BCUT2D eigenvalue weighted by molar-refractivity contribution is -0.271. The molecule has 0 aliphatic carbocycles. The van der Waals surface area contributed by atoms with Gasteiger partial charge in [-0.3, -0.25) is 9.59 Å². The first-order valence-corrected chi connectivity index (χ1v) is 10.5. The van der Waals surface area contributed by atoms with Crippen LogP contribution in [0.4, 0.5) is 13.2 Å². The van der Waals surface area contributed by atoms with Gasteiger partial charge in [-0.05, 0) is 30.4 Å². The Kier molecular flexibility index (Phi) is 5.79. The highest BCUT2D eigenvalue weighted by Gasteiger charge is 2.64. The van der Waals surface area contributed by atoms with Crippen LogP contribution in [-0.2, 0) is 19.9 Å². The van der Waals surface area contributed by atoms with Gasteiger partial charge in [-0.25, -0.2) is 0 Å². The number of rotatable bonds is 4. The van der Waals surface area contributed by atoms with Crippen molar-refractivity contribution in [2.75, 3.05) is 26.7 Å². The lowest BCUT2D eigenvalue weighted by Crippen LogP contribution is -2.60. The molecular weight excluding hydrogens is 425 g/mol. The molecule has 4 rings (SSSR count). The van der Waals surface area contributed by atoms with Crippen molar-refractivity contribution in [3.63, 3.8) is 0 Å². The highest BCUT2D eigenvalue weighted by Crippen LogP contribution is 2.50. The number of amides is 2. The van der Waals surface area contributed by atoms with Gasteiger partial charge in [0.25, 0.3) is 11.5 Å². The standard InChI is InChI=1S/C23H25F3N2O4/c1-31-22(23(24,25)26,16-6-3-2-4-7-16)20(30)28-11-9-21(10-12-28)14-19(29)27-15-17(21)18-8-5-13-32-18/h2-8,13,17H,9-12,14-15H2,1H3,(H,27,29)/t17?,22-/m1/s1. The molecule has 2 aliphatic heterocycles. The highest BCUT2D eigenvalue weighted by atomic mass is 19.4. The molecule has 172 valence electrons. The first-order chi connectivity index (χ1) is 15.2. The third kappa shape index (κ3) is 3.58. The van der Waals surface area contributed by atoms with Gasteiger partial charge in [0.1, 0.15) is 5.76 Å². The first kappa shape index (κ1) is 22.4. The number of likely N-dealkylation sites (tertiary alicyclic amines) is 1. The molecule has 2 saturated heterocycles. The van der Waals surface area contributed by atoms with E-state index in [1.807, 2.05) is 6.07 Å². The average molecular weight is 450 g/mol. The largest absolute Gasteiger partial charge is 0.469 e. The van der Waals surface area contributed by atoms with E-state index in [-0.39, 0.29) is 36.9 Å². The van der Waals surface area contributed by atoms with Gasteiger partial charge >= 0.3 is 6.18 Å². The second-order valence-corrected chi connectivity index (χ2v) is 8.45. The van der Waals surface area contributed by atoms with Crippen molar-refractivity contribution >= 4 is 11.8 Å². The normalized spacial score (nSPS) is 22.9. The number of carbonyl (C=O) groups is 2. The predicted molar refractivity (Wildman–Crippen MR) is 109 cm³/mol. The van der Waals surface area contributed by atoms with Crippen LogP contribution < -0.4 is 5.32 Å². The summed E-state index contributed by atoms with van der Waals surface area (Å²) in [6.07, 6.45) is -2.35. The van der Waals surface area contributed by atoms with E-state index in [9.17, 15) is 22.8 Å². The van der Waals surface area contributed by atoms with Crippen LogP contribution in [0.2, 0.25) is 0 Å². The Morgan fingerprint density at radius 1 is 1.16 bits per heavy atom. The summed E-state index contributed by atoms with van der Waals surface area (Å²) in [4.78, 5) is 26.7. The summed E-state index contributed by atoms with van der Waals surface area (Å²) in [6, 6.07) is 10.6. The minimum atomic E-state index is -4.95. The van der Waals surface area contributed by atoms with Gasteiger partial charge in [0.2, 0.25) is 5.91 Å². The van der Waals surface area contributed by atoms with Crippen LogP contribution in [0.15, 0.2) is 53.1 Å². The minimum Gasteiger partial charge on any atom is -0.469 e. The molecular formula is C23H25F3N2O4. The molecule has 0 saturated carbocycles.